The van der Waals surface area contributed by atoms with Crippen LogP contribution in [0.3, 0.4) is 0 Å². The number of hydrogen-bond acceptors (Lipinski definition) is 9. The Kier molecular flexibility index (Phi) is 41.8. The molecule has 9 heteroatoms. The van der Waals surface area contributed by atoms with Crippen LogP contribution in [0, 0.1) is 0 Å². The van der Waals surface area contributed by atoms with Crippen LogP contribution in [0.1, 0.15) is 181 Å². The van der Waals surface area contributed by atoms with Gasteiger partial charge in [0.25, 0.3) is 0 Å². The molecule has 0 radical (unpaired) electrons. The number of rotatable bonds is 42. The third-order valence-electron chi connectivity index (χ3n) is 11.0. The number of allylic oxidation sites excluding steroid dienone is 16. The average molecular weight is 897 g/mol. The van der Waals surface area contributed by atoms with Crippen molar-refractivity contribution in [2.75, 3.05) is 26.4 Å². The second-order valence-electron chi connectivity index (χ2n) is 16.9. The lowest BCUT2D eigenvalue weighted by molar-refractivity contribution is -0.305. The molecule has 1 aliphatic heterocycles. The highest BCUT2D eigenvalue weighted by atomic mass is 16.7. The van der Waals surface area contributed by atoms with Crippen LogP contribution in [-0.2, 0) is 23.7 Å². The Morgan fingerprint density at radius 3 is 1.44 bits per heavy atom. The Morgan fingerprint density at radius 1 is 0.516 bits per heavy atom. The molecule has 0 aliphatic carbocycles. The van der Waals surface area contributed by atoms with Gasteiger partial charge in [0.1, 0.15) is 30.5 Å². The largest absolute Gasteiger partial charge is 0.457 e. The highest BCUT2D eigenvalue weighted by molar-refractivity contribution is 5.69. The van der Waals surface area contributed by atoms with Gasteiger partial charge in [0.2, 0.25) is 0 Å². The maximum absolute atomic E-state index is 12.8. The second kappa shape index (κ2) is 45.3. The van der Waals surface area contributed by atoms with Gasteiger partial charge in [0.15, 0.2) is 6.29 Å². The summed E-state index contributed by atoms with van der Waals surface area (Å²) in [6, 6.07) is 0. The van der Waals surface area contributed by atoms with Gasteiger partial charge in [0, 0.05) is 13.0 Å². The lowest BCUT2D eigenvalue weighted by Gasteiger charge is -2.39. The van der Waals surface area contributed by atoms with Crippen molar-refractivity contribution in [3.63, 3.8) is 0 Å². The van der Waals surface area contributed by atoms with Crippen molar-refractivity contribution in [1.29, 1.82) is 0 Å². The summed E-state index contributed by atoms with van der Waals surface area (Å²) in [5.41, 5.74) is 0. The molecule has 366 valence electrons. The predicted octanol–water partition coefficient (Wildman–Crippen LogP) is 12.4. The third-order valence-corrected chi connectivity index (χ3v) is 11.0. The van der Waals surface area contributed by atoms with E-state index in [0.29, 0.717) is 6.61 Å². The van der Waals surface area contributed by atoms with E-state index in [2.05, 4.69) is 111 Å². The molecule has 1 saturated heterocycles. The van der Waals surface area contributed by atoms with Gasteiger partial charge in [-0.15, -0.1) is 0 Å². The Balaban J connectivity index is 2.26. The predicted molar refractivity (Wildman–Crippen MR) is 265 cm³/mol. The van der Waals surface area contributed by atoms with E-state index in [1.165, 1.54) is 51.4 Å². The Hall–Kier alpha value is -2.89. The molecule has 64 heavy (non-hydrogen) atoms. The van der Waals surface area contributed by atoms with Crippen molar-refractivity contribution >= 4 is 5.97 Å². The number of aliphatic hydroxyl groups is 4. The topological polar surface area (TPSA) is 135 Å². The standard InChI is InChI=1S/C55H92O9/c1-3-5-7-9-11-13-15-17-19-21-23-25-26-28-30-32-34-36-38-40-42-44-51(57)63-49(48-62-55-54(60)53(59)52(58)50(46-56)64-55)47-61-45-43-41-39-37-35-33-31-29-27-24-22-20-18-16-14-12-10-8-6-4-2/h5,7,11-14,17-20,23-25,27-28,30,49-50,52-56,58-60H,3-4,6,8-10,15-16,21-22,26,29,31-48H2,1-2H3/b7-5-,13-11-,14-12-,19-17-,20-18-,25-23-,27-24-,30-28-. The smallest absolute Gasteiger partial charge is 0.306 e. The van der Waals surface area contributed by atoms with Crippen LogP contribution in [0.15, 0.2) is 97.2 Å². The number of ether oxygens (including phenoxy) is 4. The van der Waals surface area contributed by atoms with Gasteiger partial charge < -0.3 is 39.4 Å². The summed E-state index contributed by atoms with van der Waals surface area (Å²) < 4.78 is 22.9. The molecule has 1 heterocycles. The van der Waals surface area contributed by atoms with Gasteiger partial charge in [-0.2, -0.15) is 0 Å². The van der Waals surface area contributed by atoms with Crippen LogP contribution in [0.5, 0.6) is 0 Å². The monoisotopic (exact) mass is 897 g/mol. The fourth-order valence-electron chi connectivity index (χ4n) is 7.05. The van der Waals surface area contributed by atoms with Crippen LogP contribution < -0.4 is 0 Å². The summed E-state index contributed by atoms with van der Waals surface area (Å²) in [6.07, 6.45) is 55.7. The molecule has 1 fully saturated rings. The Morgan fingerprint density at radius 2 is 0.953 bits per heavy atom. The zero-order valence-corrected chi connectivity index (χ0v) is 40.2. The molecule has 0 aromatic rings. The minimum absolute atomic E-state index is 0.123. The average Bonchev–Trinajstić information content (AvgIpc) is 3.30. The van der Waals surface area contributed by atoms with E-state index < -0.39 is 43.4 Å². The second-order valence-corrected chi connectivity index (χ2v) is 16.9. The summed E-state index contributed by atoms with van der Waals surface area (Å²) in [5, 5.41) is 40.2. The van der Waals surface area contributed by atoms with Gasteiger partial charge in [-0.05, 0) is 96.3 Å². The van der Waals surface area contributed by atoms with Crippen molar-refractivity contribution in [2.24, 2.45) is 0 Å². The van der Waals surface area contributed by atoms with E-state index in [4.69, 9.17) is 18.9 Å². The molecule has 1 rings (SSSR count). The van der Waals surface area contributed by atoms with Gasteiger partial charge in [-0.25, -0.2) is 0 Å². The molecule has 0 saturated carbocycles. The van der Waals surface area contributed by atoms with Crippen LogP contribution >= 0.6 is 0 Å². The number of hydrogen-bond donors (Lipinski definition) is 4. The van der Waals surface area contributed by atoms with Gasteiger partial charge in [-0.1, -0.05) is 175 Å². The molecule has 4 N–H and O–H groups in total. The molecule has 0 bridgehead atoms. The lowest BCUT2D eigenvalue weighted by atomic mass is 9.99. The molecule has 6 atom stereocenters. The molecule has 1 aliphatic rings. The summed E-state index contributed by atoms with van der Waals surface area (Å²) in [7, 11) is 0. The molecule has 0 aromatic heterocycles. The highest BCUT2D eigenvalue weighted by Gasteiger charge is 2.44. The van der Waals surface area contributed by atoms with Crippen molar-refractivity contribution in [1.82, 2.24) is 0 Å². The first kappa shape index (κ1) is 59.1. The molecule has 0 aromatic carbocycles. The van der Waals surface area contributed by atoms with E-state index in [-0.39, 0.29) is 25.6 Å². The Labute approximate surface area is 390 Å². The molecular weight excluding hydrogens is 805 g/mol. The van der Waals surface area contributed by atoms with E-state index in [9.17, 15) is 25.2 Å². The molecular formula is C55H92O9. The first-order valence-electron chi connectivity index (χ1n) is 25.3. The number of carbonyl (C=O) groups is 1. The van der Waals surface area contributed by atoms with Crippen LogP contribution in [0.4, 0.5) is 0 Å². The quantitative estimate of drug-likeness (QED) is 0.0268. The first-order valence-corrected chi connectivity index (χ1v) is 25.3. The minimum atomic E-state index is -1.55. The van der Waals surface area contributed by atoms with Gasteiger partial charge >= 0.3 is 5.97 Å². The molecule has 9 nitrogen and oxygen atoms in total. The van der Waals surface area contributed by atoms with Gasteiger partial charge in [0.05, 0.1) is 19.8 Å². The number of carbonyl (C=O) groups excluding carboxylic acids is 1. The van der Waals surface area contributed by atoms with Crippen molar-refractivity contribution in [3.8, 4) is 0 Å². The summed E-state index contributed by atoms with van der Waals surface area (Å²) >= 11 is 0. The minimum Gasteiger partial charge on any atom is -0.457 e. The summed E-state index contributed by atoms with van der Waals surface area (Å²) in [6.45, 7) is 4.36. The maximum atomic E-state index is 12.8. The van der Waals surface area contributed by atoms with E-state index in [0.717, 1.165) is 109 Å². The Bertz CT molecular complexity index is 1300. The number of esters is 1. The molecule has 6 unspecified atom stereocenters. The van der Waals surface area contributed by atoms with Crippen LogP contribution in [0.2, 0.25) is 0 Å². The highest BCUT2D eigenvalue weighted by Crippen LogP contribution is 2.22. The zero-order valence-electron chi connectivity index (χ0n) is 40.2. The van der Waals surface area contributed by atoms with Gasteiger partial charge in [-0.3, -0.25) is 4.79 Å². The zero-order chi connectivity index (χ0) is 46.4. The maximum Gasteiger partial charge on any atom is 0.306 e. The van der Waals surface area contributed by atoms with E-state index >= 15 is 0 Å². The van der Waals surface area contributed by atoms with Crippen molar-refractivity contribution in [3.05, 3.63) is 97.2 Å². The van der Waals surface area contributed by atoms with Crippen molar-refractivity contribution in [2.45, 2.75) is 218 Å². The fourth-order valence-corrected chi connectivity index (χ4v) is 7.05. The lowest BCUT2D eigenvalue weighted by Crippen LogP contribution is -2.59. The van der Waals surface area contributed by atoms with E-state index in [1.807, 2.05) is 0 Å². The number of unbranched alkanes of at least 4 members (excludes halogenated alkanes) is 15. The molecule has 0 spiro atoms. The normalized spacial score (nSPS) is 20.4. The number of aliphatic hydroxyl groups excluding tert-OH is 4. The summed E-state index contributed by atoms with van der Waals surface area (Å²) in [5.74, 6) is -0.339. The van der Waals surface area contributed by atoms with Crippen LogP contribution in [-0.4, -0.2) is 89.6 Å². The molecule has 0 amide bonds. The van der Waals surface area contributed by atoms with Crippen LogP contribution in [0.25, 0.3) is 0 Å². The van der Waals surface area contributed by atoms with E-state index in [1.54, 1.807) is 0 Å². The first-order chi connectivity index (χ1) is 31.4. The summed E-state index contributed by atoms with van der Waals surface area (Å²) in [4.78, 5) is 12.8. The SMILES string of the molecule is CC/C=C\C/C=C\C/C=C\C/C=C\C/C=C\CCCCCCCC(=O)OC(COCCCCCCCCC/C=C\C/C=C\C/C=C\CCCCC)COC1OC(CO)C(O)C(O)C1O. The fraction of sp³-hybridized carbons (Fsp3) is 0.691. The van der Waals surface area contributed by atoms with Crippen molar-refractivity contribution < 1.29 is 44.2 Å². The third kappa shape index (κ3) is 35.4.